The third kappa shape index (κ3) is 5.27. The molecule has 0 N–H and O–H groups in total. The minimum Gasteiger partial charge on any atom is -0.339 e. The lowest BCUT2D eigenvalue weighted by atomic mass is 10.2. The lowest BCUT2D eigenvalue weighted by Crippen LogP contribution is -2.44. The smallest absolute Gasteiger partial charge is 0.339 e. The molecular weight excluding hydrogens is 332 g/mol. The molecule has 0 unspecified atom stereocenters. The van der Waals surface area contributed by atoms with Crippen molar-refractivity contribution in [2.45, 2.75) is 64.0 Å². The van der Waals surface area contributed by atoms with Crippen LogP contribution in [0.5, 0.6) is 0 Å². The standard InChI is InChI=1S/C14H30O5Si3/c1-11-13(3,4)21(7,8)18-16-20(15)17-19-22(9,10)14(5,6)12-2/h11-12H,1-2H2,3-10H3. The van der Waals surface area contributed by atoms with E-state index in [9.17, 15) is 4.46 Å². The zero-order chi connectivity index (χ0) is 17.8. The quantitative estimate of drug-likeness (QED) is 0.245. The topological polar surface area (TPSA) is 54.0 Å². The molecule has 0 aliphatic heterocycles. The van der Waals surface area contributed by atoms with Gasteiger partial charge in [0.05, 0.1) is 0 Å². The highest BCUT2D eigenvalue weighted by Crippen LogP contribution is 2.39. The van der Waals surface area contributed by atoms with E-state index in [4.69, 9.17) is 18.3 Å². The average Bonchev–Trinajstić information content (AvgIpc) is 2.42. The fraction of sp³-hybridized carbons (Fsp3) is 0.714. The maximum atomic E-state index is 11.9. The second-order valence-corrected chi connectivity index (χ2v) is 17.2. The Morgan fingerprint density at radius 2 is 1.09 bits per heavy atom. The third-order valence-electron chi connectivity index (χ3n) is 4.76. The molecule has 0 atom stereocenters. The lowest BCUT2D eigenvalue weighted by Gasteiger charge is -2.35. The molecule has 0 rings (SSSR count). The first-order chi connectivity index (χ1) is 9.72. The molecule has 0 radical (unpaired) electrons. The van der Waals surface area contributed by atoms with Crippen LogP contribution in [-0.2, 0) is 22.8 Å². The molecule has 8 heteroatoms. The summed E-state index contributed by atoms with van der Waals surface area (Å²) >= 11 is 0. The molecule has 0 saturated heterocycles. The van der Waals surface area contributed by atoms with Crippen LogP contribution in [0.4, 0.5) is 0 Å². The summed E-state index contributed by atoms with van der Waals surface area (Å²) in [5, 5.41) is -0.455. The van der Waals surface area contributed by atoms with Crippen LogP contribution in [-0.4, -0.2) is 25.8 Å². The van der Waals surface area contributed by atoms with Crippen molar-refractivity contribution in [2.24, 2.45) is 0 Å². The Morgan fingerprint density at radius 3 is 1.32 bits per heavy atom. The summed E-state index contributed by atoms with van der Waals surface area (Å²) in [6.45, 7) is 23.5. The van der Waals surface area contributed by atoms with E-state index in [0.29, 0.717) is 0 Å². The number of allylic oxidation sites excluding steroid dienone is 2. The lowest BCUT2D eigenvalue weighted by molar-refractivity contribution is -0.208. The Kier molecular flexibility index (Phi) is 7.16. The van der Waals surface area contributed by atoms with Gasteiger partial charge in [0.1, 0.15) is 0 Å². The largest absolute Gasteiger partial charge is 0.833 e. The van der Waals surface area contributed by atoms with Crippen LogP contribution in [0.1, 0.15) is 27.7 Å². The molecule has 0 aromatic carbocycles. The first kappa shape index (κ1) is 21.5. The zero-order valence-corrected chi connectivity index (χ0v) is 18.1. The van der Waals surface area contributed by atoms with Gasteiger partial charge in [-0.25, -0.2) is 0 Å². The average molecular weight is 363 g/mol. The molecular formula is C14H30O5Si3. The van der Waals surface area contributed by atoms with Gasteiger partial charge in [0.2, 0.25) is 0 Å². The van der Waals surface area contributed by atoms with E-state index in [1.54, 1.807) is 0 Å². The van der Waals surface area contributed by atoms with E-state index >= 15 is 0 Å². The van der Waals surface area contributed by atoms with Gasteiger partial charge in [-0.05, 0) is 26.2 Å². The van der Waals surface area contributed by atoms with Crippen LogP contribution in [0.2, 0.25) is 36.3 Å². The molecule has 5 nitrogen and oxygen atoms in total. The predicted molar refractivity (Wildman–Crippen MR) is 94.2 cm³/mol. The summed E-state index contributed by atoms with van der Waals surface area (Å²) in [4.78, 5) is 0. The van der Waals surface area contributed by atoms with E-state index in [0.717, 1.165) is 0 Å². The maximum Gasteiger partial charge on any atom is 0.833 e. The molecule has 0 fully saturated rings. The molecule has 0 amide bonds. The maximum absolute atomic E-state index is 11.9. The van der Waals surface area contributed by atoms with Crippen molar-refractivity contribution in [1.29, 1.82) is 0 Å². The SMILES string of the molecule is C=CC(C)(C)[Si](C)(C)OO[Si](=O)OO[Si](C)(C)C(C)(C)C=C. The second kappa shape index (κ2) is 7.35. The van der Waals surface area contributed by atoms with Gasteiger partial charge in [-0.2, -0.15) is 0 Å². The summed E-state index contributed by atoms with van der Waals surface area (Å²) in [5.41, 5.74) is 0. The highest BCUT2D eigenvalue weighted by molar-refractivity contribution is 6.75. The fourth-order valence-corrected chi connectivity index (χ4v) is 4.65. The molecule has 128 valence electrons. The van der Waals surface area contributed by atoms with Crippen LogP contribution in [0, 0.1) is 0 Å². The number of hydrogen-bond acceptors (Lipinski definition) is 5. The molecule has 0 aromatic heterocycles. The Hall–Kier alpha value is -0.549. The molecule has 22 heavy (non-hydrogen) atoms. The van der Waals surface area contributed by atoms with Crippen molar-refractivity contribution in [2.75, 3.05) is 0 Å². The molecule has 0 heterocycles. The van der Waals surface area contributed by atoms with Crippen LogP contribution >= 0.6 is 0 Å². The fourth-order valence-electron chi connectivity index (χ4n) is 0.997. The van der Waals surface area contributed by atoms with Crippen molar-refractivity contribution in [1.82, 2.24) is 0 Å². The van der Waals surface area contributed by atoms with Gasteiger partial charge >= 0.3 is 9.17 Å². The third-order valence-corrected chi connectivity index (χ3v) is 13.1. The van der Waals surface area contributed by atoms with E-state index in [1.807, 2.05) is 66.0 Å². The van der Waals surface area contributed by atoms with Crippen molar-refractivity contribution in [3.63, 3.8) is 0 Å². The molecule has 0 aliphatic carbocycles. The van der Waals surface area contributed by atoms with Gasteiger partial charge in [0.25, 0.3) is 16.6 Å². The first-order valence-corrected chi connectivity index (χ1v) is 14.3. The van der Waals surface area contributed by atoms with Gasteiger partial charge in [-0.3, -0.25) is 13.6 Å². The summed E-state index contributed by atoms with van der Waals surface area (Å²) < 4.78 is 32.6. The Labute approximate surface area is 138 Å². The van der Waals surface area contributed by atoms with E-state index in [-0.39, 0.29) is 10.1 Å². The predicted octanol–water partition coefficient (Wildman–Crippen LogP) is 4.64. The first-order valence-electron chi connectivity index (χ1n) is 7.25. The highest BCUT2D eigenvalue weighted by atomic mass is 28.4. The normalized spacial score (nSPS) is 13.5. The van der Waals surface area contributed by atoms with Crippen molar-refractivity contribution in [3.05, 3.63) is 25.3 Å². The molecule has 0 bridgehead atoms. The summed E-state index contributed by atoms with van der Waals surface area (Å²) in [5.74, 6) is 0. The van der Waals surface area contributed by atoms with E-state index < -0.39 is 25.8 Å². The Bertz CT molecular complexity index is 392. The van der Waals surface area contributed by atoms with Crippen LogP contribution in [0.15, 0.2) is 25.3 Å². The minimum atomic E-state index is -2.88. The highest BCUT2D eigenvalue weighted by Gasteiger charge is 2.44. The number of hydrogen-bond donors (Lipinski definition) is 0. The van der Waals surface area contributed by atoms with Crippen LogP contribution in [0.25, 0.3) is 0 Å². The monoisotopic (exact) mass is 362 g/mol. The van der Waals surface area contributed by atoms with Crippen LogP contribution < -0.4 is 0 Å². The Balaban J connectivity index is 4.56. The summed E-state index contributed by atoms with van der Waals surface area (Å²) in [6, 6.07) is 0. The zero-order valence-electron chi connectivity index (χ0n) is 15.1. The molecule has 0 aliphatic rings. The van der Waals surface area contributed by atoms with Crippen molar-refractivity contribution < 1.29 is 22.8 Å². The Morgan fingerprint density at radius 1 is 0.818 bits per heavy atom. The second-order valence-electron chi connectivity index (χ2n) is 7.46. The van der Waals surface area contributed by atoms with E-state index in [1.165, 1.54) is 0 Å². The molecule has 0 aromatic rings. The van der Waals surface area contributed by atoms with Crippen molar-refractivity contribution in [3.8, 4) is 0 Å². The molecule has 0 spiro atoms. The van der Waals surface area contributed by atoms with Gasteiger partial charge in [-0.1, -0.05) is 39.8 Å². The van der Waals surface area contributed by atoms with Gasteiger partial charge in [-0.15, -0.1) is 13.2 Å². The van der Waals surface area contributed by atoms with Gasteiger partial charge in [0.15, 0.2) is 0 Å². The summed E-state index contributed by atoms with van der Waals surface area (Å²) in [6.07, 6.45) is 3.64. The summed E-state index contributed by atoms with van der Waals surface area (Å²) in [7, 11) is -7.42. The van der Waals surface area contributed by atoms with Gasteiger partial charge < -0.3 is 9.15 Å². The van der Waals surface area contributed by atoms with Crippen LogP contribution in [0.3, 0.4) is 0 Å². The number of rotatable bonds is 10. The minimum absolute atomic E-state index is 0.227. The van der Waals surface area contributed by atoms with E-state index in [2.05, 4.69) is 13.2 Å². The van der Waals surface area contributed by atoms with Crippen molar-refractivity contribution >= 4 is 25.8 Å². The molecule has 0 saturated carbocycles. The van der Waals surface area contributed by atoms with Gasteiger partial charge in [0, 0.05) is 10.1 Å².